The van der Waals surface area contributed by atoms with E-state index in [-0.39, 0.29) is 17.9 Å². The zero-order valence-electron chi connectivity index (χ0n) is 18.4. The molecule has 2 aromatic rings. The van der Waals surface area contributed by atoms with Gasteiger partial charge in [-0.05, 0) is 43.9 Å². The van der Waals surface area contributed by atoms with Crippen molar-refractivity contribution in [3.05, 3.63) is 47.0 Å². The molecular formula is C24H29N3O4S. The fourth-order valence-corrected chi connectivity index (χ4v) is 5.19. The summed E-state index contributed by atoms with van der Waals surface area (Å²) < 4.78 is 5.58. The lowest BCUT2D eigenvalue weighted by Crippen LogP contribution is -2.47. The Kier molecular flexibility index (Phi) is 7.19. The van der Waals surface area contributed by atoms with Gasteiger partial charge >= 0.3 is 5.97 Å². The van der Waals surface area contributed by atoms with E-state index in [2.05, 4.69) is 4.98 Å². The van der Waals surface area contributed by atoms with Gasteiger partial charge in [-0.25, -0.2) is 9.78 Å². The van der Waals surface area contributed by atoms with Crippen LogP contribution in [0.2, 0.25) is 0 Å². The minimum Gasteiger partial charge on any atom is -0.449 e. The van der Waals surface area contributed by atoms with Gasteiger partial charge in [-0.2, -0.15) is 0 Å². The van der Waals surface area contributed by atoms with Crippen molar-refractivity contribution in [1.82, 2.24) is 9.88 Å². The maximum atomic E-state index is 13.3. The molecule has 1 aliphatic carbocycles. The Morgan fingerprint density at radius 3 is 2.75 bits per heavy atom. The van der Waals surface area contributed by atoms with E-state index in [4.69, 9.17) is 4.74 Å². The first-order valence-electron chi connectivity index (χ1n) is 11.3. The van der Waals surface area contributed by atoms with Crippen LogP contribution in [0.5, 0.6) is 0 Å². The summed E-state index contributed by atoms with van der Waals surface area (Å²) >= 11 is 1.42. The molecule has 0 spiro atoms. The molecule has 7 nitrogen and oxygen atoms in total. The number of likely N-dealkylation sites (tertiary alicyclic amines) is 1. The van der Waals surface area contributed by atoms with Crippen LogP contribution in [0, 0.1) is 0 Å². The summed E-state index contributed by atoms with van der Waals surface area (Å²) in [4.78, 5) is 45.9. The molecule has 1 unspecified atom stereocenters. The van der Waals surface area contributed by atoms with Gasteiger partial charge in [0, 0.05) is 37.1 Å². The molecule has 1 saturated carbocycles. The summed E-state index contributed by atoms with van der Waals surface area (Å²) in [7, 11) is 0. The van der Waals surface area contributed by atoms with Crippen molar-refractivity contribution >= 4 is 34.3 Å². The summed E-state index contributed by atoms with van der Waals surface area (Å²) in [5.41, 5.74) is 1.26. The highest BCUT2D eigenvalue weighted by atomic mass is 32.1. The van der Waals surface area contributed by atoms with E-state index in [0.717, 1.165) is 44.2 Å². The van der Waals surface area contributed by atoms with Gasteiger partial charge in [0.1, 0.15) is 0 Å². The second kappa shape index (κ2) is 10.3. The normalized spacial score (nSPS) is 17.9. The number of nitrogens with zero attached hydrogens (tertiary/aromatic N) is 3. The highest BCUT2D eigenvalue weighted by Gasteiger charge is 2.33. The van der Waals surface area contributed by atoms with Crippen molar-refractivity contribution in [1.29, 1.82) is 0 Å². The molecular weight excluding hydrogens is 426 g/mol. The molecule has 2 aliphatic rings. The van der Waals surface area contributed by atoms with Crippen LogP contribution in [-0.2, 0) is 20.9 Å². The van der Waals surface area contributed by atoms with E-state index in [1.807, 2.05) is 11.4 Å². The van der Waals surface area contributed by atoms with Crippen LogP contribution in [0.25, 0.3) is 0 Å². The van der Waals surface area contributed by atoms with Crippen LogP contribution in [0.15, 0.2) is 35.8 Å². The fourth-order valence-electron chi connectivity index (χ4n) is 4.47. The van der Waals surface area contributed by atoms with E-state index >= 15 is 0 Å². The third kappa shape index (κ3) is 5.18. The first-order valence-corrected chi connectivity index (χ1v) is 12.2. The minimum atomic E-state index is -0.919. The number of aromatic nitrogens is 1. The molecule has 32 heavy (non-hydrogen) atoms. The van der Waals surface area contributed by atoms with Crippen molar-refractivity contribution in [2.75, 3.05) is 11.4 Å². The summed E-state index contributed by atoms with van der Waals surface area (Å²) in [6, 6.07) is 7.18. The lowest BCUT2D eigenvalue weighted by Gasteiger charge is -2.33. The van der Waals surface area contributed by atoms with E-state index in [9.17, 15) is 14.4 Å². The smallest absolute Gasteiger partial charge is 0.338 e. The Bertz CT molecular complexity index is 956. The van der Waals surface area contributed by atoms with Crippen LogP contribution < -0.4 is 4.90 Å². The number of esters is 1. The number of hydrogen-bond donors (Lipinski definition) is 0. The Morgan fingerprint density at radius 1 is 1.25 bits per heavy atom. The molecule has 2 amide bonds. The summed E-state index contributed by atoms with van der Waals surface area (Å²) in [5.74, 6) is -0.635. The number of benzene rings is 1. The van der Waals surface area contributed by atoms with Gasteiger partial charge in [0.25, 0.3) is 5.91 Å². The molecule has 1 aromatic heterocycles. The number of amides is 2. The van der Waals surface area contributed by atoms with Gasteiger partial charge in [0.2, 0.25) is 5.91 Å². The summed E-state index contributed by atoms with van der Waals surface area (Å²) in [6.07, 6.45) is 7.44. The summed E-state index contributed by atoms with van der Waals surface area (Å²) in [5, 5.41) is 2.51. The highest BCUT2D eigenvalue weighted by molar-refractivity contribution is 7.13. The summed E-state index contributed by atoms with van der Waals surface area (Å²) in [6.45, 7) is 2.84. The SMILES string of the molecule is CC(OC(=O)c1cccc(CN2CCCC2=O)c1)C(=O)N(c1nccs1)C1CCCCC1. The van der Waals surface area contributed by atoms with Crippen LogP contribution in [0.1, 0.15) is 67.8 Å². The third-order valence-electron chi connectivity index (χ3n) is 6.14. The van der Waals surface area contributed by atoms with E-state index in [1.165, 1.54) is 17.8 Å². The molecule has 0 N–H and O–H groups in total. The number of anilines is 1. The second-order valence-corrected chi connectivity index (χ2v) is 9.35. The first kappa shape index (κ1) is 22.5. The van der Waals surface area contributed by atoms with Crippen molar-refractivity contribution < 1.29 is 19.1 Å². The average molecular weight is 456 g/mol. The van der Waals surface area contributed by atoms with Crippen LogP contribution >= 0.6 is 11.3 Å². The number of carbonyl (C=O) groups excluding carboxylic acids is 3. The highest BCUT2D eigenvalue weighted by Crippen LogP contribution is 2.30. The van der Waals surface area contributed by atoms with Gasteiger partial charge in [0.05, 0.1) is 5.56 Å². The zero-order chi connectivity index (χ0) is 22.5. The Hall–Kier alpha value is -2.74. The third-order valence-corrected chi connectivity index (χ3v) is 6.91. The molecule has 170 valence electrons. The van der Waals surface area contributed by atoms with Crippen LogP contribution in [-0.4, -0.2) is 46.4 Å². The zero-order valence-corrected chi connectivity index (χ0v) is 19.2. The van der Waals surface area contributed by atoms with Crippen molar-refractivity contribution in [3.63, 3.8) is 0 Å². The van der Waals surface area contributed by atoms with Crippen LogP contribution in [0.3, 0.4) is 0 Å². The van der Waals surface area contributed by atoms with E-state index in [1.54, 1.807) is 41.1 Å². The predicted octanol–water partition coefficient (Wildman–Crippen LogP) is 4.18. The Morgan fingerprint density at radius 2 is 2.06 bits per heavy atom. The van der Waals surface area contributed by atoms with Gasteiger partial charge < -0.3 is 9.64 Å². The lowest BCUT2D eigenvalue weighted by atomic mass is 9.94. The molecule has 4 rings (SSSR count). The molecule has 2 fully saturated rings. The van der Waals surface area contributed by atoms with Crippen molar-refractivity contribution in [2.24, 2.45) is 0 Å². The minimum absolute atomic E-state index is 0.0879. The number of hydrogen-bond acceptors (Lipinski definition) is 6. The number of carbonyl (C=O) groups is 3. The molecule has 1 aromatic carbocycles. The van der Waals surface area contributed by atoms with Gasteiger partial charge in [-0.1, -0.05) is 31.4 Å². The fraction of sp³-hybridized carbons (Fsp3) is 0.500. The average Bonchev–Trinajstić information content (AvgIpc) is 3.47. The maximum Gasteiger partial charge on any atom is 0.338 e. The molecule has 1 aliphatic heterocycles. The standard InChI is InChI=1S/C24H29N3O4S/c1-17(22(29)27(24-25-12-14-32-24)20-9-3-2-4-10-20)31-23(30)19-8-5-7-18(15-19)16-26-13-6-11-21(26)28/h5,7-8,12,14-15,17,20H,2-4,6,9-11,13,16H2,1H3. The number of ether oxygens (including phenoxy) is 1. The van der Waals surface area contributed by atoms with E-state index < -0.39 is 12.1 Å². The van der Waals surface area contributed by atoms with Crippen molar-refractivity contribution in [2.45, 2.75) is 70.6 Å². The molecule has 8 heteroatoms. The van der Waals surface area contributed by atoms with Gasteiger partial charge in [-0.3, -0.25) is 14.5 Å². The molecule has 0 bridgehead atoms. The topological polar surface area (TPSA) is 79.8 Å². The van der Waals surface area contributed by atoms with E-state index in [0.29, 0.717) is 23.7 Å². The second-order valence-electron chi connectivity index (χ2n) is 8.48. The molecule has 1 saturated heterocycles. The van der Waals surface area contributed by atoms with Crippen molar-refractivity contribution in [3.8, 4) is 0 Å². The number of thiazole rings is 1. The Balaban J connectivity index is 1.43. The Labute approximate surface area is 192 Å². The number of rotatable bonds is 7. The van der Waals surface area contributed by atoms with Crippen LogP contribution in [0.4, 0.5) is 5.13 Å². The predicted molar refractivity (Wildman–Crippen MR) is 122 cm³/mol. The maximum absolute atomic E-state index is 13.3. The first-order chi connectivity index (χ1) is 15.5. The largest absolute Gasteiger partial charge is 0.449 e. The lowest BCUT2D eigenvalue weighted by molar-refractivity contribution is -0.128. The quantitative estimate of drug-likeness (QED) is 0.585. The molecule has 2 heterocycles. The van der Waals surface area contributed by atoms with Gasteiger partial charge in [-0.15, -0.1) is 11.3 Å². The molecule has 0 radical (unpaired) electrons. The molecule has 1 atom stereocenters. The van der Waals surface area contributed by atoms with Gasteiger partial charge in [0.15, 0.2) is 11.2 Å². The monoisotopic (exact) mass is 455 g/mol.